The van der Waals surface area contributed by atoms with Crippen molar-refractivity contribution in [3.8, 4) is 22.7 Å². The topological polar surface area (TPSA) is 399 Å². The van der Waals surface area contributed by atoms with Crippen LogP contribution in [0.15, 0.2) is 254 Å². The van der Waals surface area contributed by atoms with Gasteiger partial charge in [0.15, 0.2) is 62.5 Å². The molecule has 4 N–H and O–H groups in total. The highest BCUT2D eigenvalue weighted by Gasteiger charge is 2.29. The molecule has 2 aliphatic rings. The lowest BCUT2D eigenvalue weighted by atomic mass is 10.1. The quantitative estimate of drug-likeness (QED) is 0.0279. The Labute approximate surface area is 891 Å². The number of fused-ring (bicyclic) bond motifs is 4. The Bertz CT molecular complexity index is 8440. The third kappa shape index (κ3) is 28.5. The third-order valence-corrected chi connectivity index (χ3v) is 38.3. The van der Waals surface area contributed by atoms with Crippen LogP contribution >= 0.6 is 91.8 Å². The first kappa shape index (κ1) is 110. The third-order valence-electron chi connectivity index (χ3n) is 24.3. The maximum Gasteiger partial charge on any atom is 0.265 e. The van der Waals surface area contributed by atoms with Gasteiger partial charge in [0.25, 0.3) is 22.2 Å². The standard InChI is InChI=1S/C29H31ClN4O4S2.C26H27ClN4O4S2.C26H24ClN3O4S2.C25H24ClN3O4S2/c1-20-32-26-18-22(31-13-16-33-14-3-2-4-15-33)7-10-25(26)29(36)34(20)23-8-5-21(6-9-23)17-24(35)19-40(37,38)28-12-11-27(30)39-28;1-17-29-23-15-19(28-12-13-30(2)3)6-9-22(23)26(33)31(17)20-7-4-18(5-8-20)14-21(32)16-37(34,35)25-11-10-24(27)36-25;1-16-29-23-13-19(28-14-18-2-3-18)6-9-22(23)26(32)30(16)20-7-4-17(5-8-20)12-21(31)15-36(33,34)25-11-10-24(27)35-25;1-3-12-27-18-6-9-21-22(14-18)28-16(2)29(25(21)31)19-7-4-17(5-8-19)13-20(30)15-35(32,33)24-11-10-23(26)34-24/h5-12,18,31H,2-4,13-17,19H2,1H3;4-11,15,28H,12-14,16H2,1-3H3;4-11,13,18,28H,2-3,12,14-15H2,1H3;4-11,14,27H,3,12-13,15H2,1-2H3. The van der Waals surface area contributed by atoms with Crippen molar-refractivity contribution in [2.24, 2.45) is 5.92 Å². The van der Waals surface area contributed by atoms with Crippen molar-refractivity contribution < 1.29 is 52.8 Å². The van der Waals surface area contributed by atoms with Crippen LogP contribution < -0.4 is 43.5 Å². The predicted octanol–water partition coefficient (Wildman–Crippen LogP) is 18.5. The molecule has 148 heavy (non-hydrogen) atoms. The summed E-state index contributed by atoms with van der Waals surface area (Å²) in [5.74, 6) is -1.12. The molecule has 30 nitrogen and oxygen atoms in total. The van der Waals surface area contributed by atoms with E-state index in [4.69, 9.17) is 51.4 Å². The van der Waals surface area contributed by atoms with Crippen molar-refractivity contribution in [3.05, 3.63) is 323 Å². The Morgan fingerprint density at radius 1 is 0.351 bits per heavy atom. The number of ketones is 4. The van der Waals surface area contributed by atoms with Gasteiger partial charge < -0.3 is 31.1 Å². The van der Waals surface area contributed by atoms with Crippen LogP contribution in [0.5, 0.6) is 0 Å². The number of Topliss-reactive ketones (excluding diaryl/α,β-unsaturated/α-hetero) is 4. The Hall–Kier alpha value is -12.1. The number of likely N-dealkylation sites (tertiary alicyclic amines) is 1. The number of carbonyl (C=O) groups excluding carboxylic acids is 4. The van der Waals surface area contributed by atoms with Crippen molar-refractivity contribution >= 4 is 221 Å². The van der Waals surface area contributed by atoms with E-state index in [1.807, 2.05) is 62.6 Å². The lowest BCUT2D eigenvalue weighted by Gasteiger charge is -2.26. The molecule has 0 radical (unpaired) electrons. The number of rotatable bonds is 38. The second-order valence-electron chi connectivity index (χ2n) is 36.2. The summed E-state index contributed by atoms with van der Waals surface area (Å²) in [6.45, 7) is 16.8. The molecule has 0 amide bonds. The average Bonchev–Trinajstić information content (AvgIpc) is 0.940. The molecule has 0 bridgehead atoms. The number of aryl methyl sites for hydroxylation is 4. The first-order valence-corrected chi connectivity index (χ1v) is 58.8. The van der Waals surface area contributed by atoms with Gasteiger partial charge in [-0.3, -0.25) is 56.6 Å². The number of benzene rings is 8. The van der Waals surface area contributed by atoms with Gasteiger partial charge >= 0.3 is 0 Å². The highest BCUT2D eigenvalue weighted by atomic mass is 35.5. The Morgan fingerprint density at radius 2 is 0.615 bits per heavy atom. The summed E-state index contributed by atoms with van der Waals surface area (Å²) in [5, 5.41) is 15.6. The maximum absolute atomic E-state index is 13.4. The van der Waals surface area contributed by atoms with E-state index < -0.39 is 85.5 Å². The van der Waals surface area contributed by atoms with Crippen molar-refractivity contribution in [1.82, 2.24) is 48.0 Å². The molecule has 16 aromatic rings. The lowest BCUT2D eigenvalue weighted by molar-refractivity contribution is -0.116. The number of carbonyl (C=O) groups is 4. The molecular weight excluding hydrogens is 2120 g/mol. The first-order chi connectivity index (χ1) is 70.6. The van der Waals surface area contributed by atoms with Crippen molar-refractivity contribution in [1.29, 1.82) is 0 Å². The van der Waals surface area contributed by atoms with Crippen LogP contribution in [0.3, 0.4) is 0 Å². The summed E-state index contributed by atoms with van der Waals surface area (Å²) in [6.07, 6.45) is 7.24. The molecule has 9 heterocycles. The van der Waals surface area contributed by atoms with Crippen LogP contribution in [-0.2, 0) is 84.2 Å². The molecule has 1 saturated carbocycles. The van der Waals surface area contributed by atoms with E-state index >= 15 is 0 Å². The van der Waals surface area contributed by atoms with Crippen molar-refractivity contribution in [2.45, 2.75) is 116 Å². The van der Waals surface area contributed by atoms with Gasteiger partial charge in [0.2, 0.25) is 0 Å². The fraction of sp³-hybridized carbons (Fsp3) is 0.283. The number of nitrogens with one attached hydrogen (secondary N) is 4. The number of aromatic nitrogens is 8. The van der Waals surface area contributed by atoms with E-state index in [0.717, 1.165) is 133 Å². The number of piperidine rings is 1. The Kier molecular flexibility index (Phi) is 36.2. The number of thiophene rings is 4. The zero-order valence-corrected chi connectivity index (χ0v) is 91.3. The minimum atomic E-state index is -3.73. The molecule has 1 aliphatic heterocycles. The predicted molar refractivity (Wildman–Crippen MR) is 594 cm³/mol. The van der Waals surface area contributed by atoms with Gasteiger partial charge in [-0.2, -0.15) is 0 Å². The van der Waals surface area contributed by atoms with E-state index in [2.05, 4.69) is 52.9 Å². The van der Waals surface area contributed by atoms with E-state index in [0.29, 0.717) is 129 Å². The van der Waals surface area contributed by atoms with Crippen LogP contribution in [0, 0.1) is 33.6 Å². The minimum Gasteiger partial charge on any atom is -0.385 e. The lowest BCUT2D eigenvalue weighted by Crippen LogP contribution is -2.33. The summed E-state index contributed by atoms with van der Waals surface area (Å²) in [4.78, 5) is 126. The van der Waals surface area contributed by atoms with Crippen LogP contribution in [0.2, 0.25) is 17.3 Å². The molecule has 8 aromatic heterocycles. The number of halogens is 4. The highest BCUT2D eigenvalue weighted by molar-refractivity contribution is 7.95. The number of hydrogen-bond acceptors (Lipinski definition) is 30. The Morgan fingerprint density at radius 3 is 0.865 bits per heavy atom. The minimum absolute atomic E-state index is 0.0287. The smallest absolute Gasteiger partial charge is 0.265 e. The fourth-order valence-electron chi connectivity index (χ4n) is 16.8. The monoisotopic (exact) mass is 2230 g/mol. The van der Waals surface area contributed by atoms with Crippen LogP contribution in [0.1, 0.15) is 91.0 Å². The SMILES string of the molecule is CCCNc1ccc2c(=O)n(-c3ccc(CC(=O)CS(=O)(=O)c4ccc(Cl)s4)cc3)c(C)nc2c1.Cc1nc2cc(NCC3CC3)ccc2c(=O)n1-c1ccc(CC(=O)CS(=O)(=O)c2ccc(Cl)s2)cc1.Cc1nc2cc(NCCN(C)C)ccc2c(=O)n1-c1ccc(CC(=O)CS(=O)(=O)c2ccc(Cl)s2)cc1.Cc1nc2cc(NCCN3CCCCC3)ccc2c(=O)n1-c1ccc(CC(=O)CS(=O)(=O)c2ccc(Cl)s2)cc1. The molecule has 2 fully saturated rings. The van der Waals surface area contributed by atoms with Crippen molar-refractivity contribution in [3.63, 3.8) is 0 Å². The summed E-state index contributed by atoms with van der Waals surface area (Å²) in [7, 11) is -10.9. The van der Waals surface area contributed by atoms with E-state index in [9.17, 15) is 72.0 Å². The van der Waals surface area contributed by atoms with Gasteiger partial charge in [-0.05, 0) is 285 Å². The molecule has 772 valence electrons. The van der Waals surface area contributed by atoms with Gasteiger partial charge in [0.05, 0.1) is 83.7 Å². The van der Waals surface area contributed by atoms with E-state index in [1.165, 1.54) is 94.3 Å². The van der Waals surface area contributed by atoms with E-state index in [-0.39, 0.29) is 64.8 Å². The highest BCUT2D eigenvalue weighted by Crippen LogP contribution is 2.34. The molecule has 1 aliphatic carbocycles. The zero-order valence-electron chi connectivity index (χ0n) is 81.7. The Balaban J connectivity index is 0.000000148. The number of sulfone groups is 4. The van der Waals surface area contributed by atoms with Crippen LogP contribution in [-0.4, -0.2) is 194 Å². The summed E-state index contributed by atoms with van der Waals surface area (Å²) < 4.78 is 107. The van der Waals surface area contributed by atoms with Crippen LogP contribution in [0.25, 0.3) is 66.4 Å². The normalized spacial score (nSPS) is 12.9. The molecule has 0 atom stereocenters. The number of anilines is 4. The fourth-order valence-corrected chi connectivity index (χ4v) is 28.1. The van der Waals surface area contributed by atoms with Gasteiger partial charge in [-0.1, -0.05) is 108 Å². The van der Waals surface area contributed by atoms with Gasteiger partial charge in [0.1, 0.15) is 63.1 Å². The second-order valence-corrected chi connectivity index (χ2v) is 52.0. The average molecular weight is 2230 g/mol. The second kappa shape index (κ2) is 48.7. The number of likely N-dealkylation sites (N-methyl/N-ethyl adjacent to an activating group) is 1. The van der Waals surface area contributed by atoms with Gasteiger partial charge in [0, 0.05) is 87.7 Å². The largest absolute Gasteiger partial charge is 0.385 e. The van der Waals surface area contributed by atoms with Crippen LogP contribution in [0.4, 0.5) is 22.7 Å². The van der Waals surface area contributed by atoms with Crippen molar-refractivity contribution in [2.75, 3.05) is 111 Å². The molecular formula is C106H106Cl4N14O16S8. The number of nitrogens with zero attached hydrogens (tertiary/aromatic N) is 10. The molecule has 1 saturated heterocycles. The molecule has 8 aromatic carbocycles. The summed E-state index contributed by atoms with van der Waals surface area (Å²) in [6, 6.07) is 61.6. The molecule has 0 spiro atoms. The van der Waals surface area contributed by atoms with E-state index in [1.54, 1.807) is 154 Å². The summed E-state index contributed by atoms with van der Waals surface area (Å²) in [5.41, 5.74) is 10.6. The molecule has 18 rings (SSSR count). The van der Waals surface area contributed by atoms with Gasteiger partial charge in [-0.25, -0.2) is 53.6 Å². The summed E-state index contributed by atoms with van der Waals surface area (Å²) >= 11 is 27.0. The molecule has 0 unspecified atom stereocenters. The maximum atomic E-state index is 13.4. The zero-order chi connectivity index (χ0) is 106. The first-order valence-electron chi connectivity index (χ1n) is 47.4. The number of hydrogen-bond donors (Lipinski definition) is 4. The molecule has 42 heteroatoms. The van der Waals surface area contributed by atoms with Gasteiger partial charge in [-0.15, -0.1) is 45.3 Å².